The number of pyridine rings is 1. The van der Waals surface area contributed by atoms with Gasteiger partial charge in [-0.25, -0.2) is 9.97 Å². The number of thioether (sulfide) groups is 1. The molecular formula is C19H22N4OS. The highest BCUT2D eigenvalue weighted by atomic mass is 32.2. The second-order valence-corrected chi connectivity index (χ2v) is 7.39. The van der Waals surface area contributed by atoms with E-state index in [9.17, 15) is 4.79 Å². The summed E-state index contributed by atoms with van der Waals surface area (Å²) in [4.78, 5) is 24.5. The molecule has 0 aliphatic carbocycles. The van der Waals surface area contributed by atoms with Gasteiger partial charge >= 0.3 is 0 Å². The Bertz CT molecular complexity index is 824. The molecule has 0 spiro atoms. The van der Waals surface area contributed by atoms with Crippen molar-refractivity contribution in [2.45, 2.75) is 43.5 Å². The Labute approximate surface area is 151 Å². The molecule has 0 fully saturated rings. The van der Waals surface area contributed by atoms with Crippen LogP contribution in [0.5, 0.6) is 0 Å². The Morgan fingerprint density at radius 1 is 1.24 bits per heavy atom. The van der Waals surface area contributed by atoms with Gasteiger partial charge in [-0.1, -0.05) is 44.7 Å². The summed E-state index contributed by atoms with van der Waals surface area (Å²) >= 11 is 1.43. The lowest BCUT2D eigenvalue weighted by atomic mass is 10.0. The number of aromatic amines is 1. The maximum atomic E-state index is 12.6. The van der Waals surface area contributed by atoms with Crippen LogP contribution in [-0.2, 0) is 4.79 Å². The van der Waals surface area contributed by atoms with Gasteiger partial charge in [0.05, 0.1) is 10.8 Å². The lowest BCUT2D eigenvalue weighted by Gasteiger charge is -2.14. The third-order valence-electron chi connectivity index (χ3n) is 4.00. The summed E-state index contributed by atoms with van der Waals surface area (Å²) in [6.45, 7) is 6.30. The van der Waals surface area contributed by atoms with Gasteiger partial charge in [0.25, 0.3) is 0 Å². The van der Waals surface area contributed by atoms with E-state index in [-0.39, 0.29) is 11.2 Å². The van der Waals surface area contributed by atoms with E-state index in [1.54, 1.807) is 6.20 Å². The van der Waals surface area contributed by atoms with E-state index in [1.165, 1.54) is 17.3 Å². The molecule has 1 amide bonds. The number of H-pyrrole nitrogens is 1. The molecule has 1 aromatic carbocycles. The van der Waals surface area contributed by atoms with Gasteiger partial charge in [0.1, 0.15) is 0 Å². The highest BCUT2D eigenvalue weighted by Crippen LogP contribution is 2.26. The van der Waals surface area contributed by atoms with Crippen molar-refractivity contribution in [3.05, 3.63) is 48.2 Å². The quantitative estimate of drug-likeness (QED) is 0.635. The molecule has 0 aliphatic rings. The second-order valence-electron chi connectivity index (χ2n) is 6.20. The van der Waals surface area contributed by atoms with Crippen LogP contribution in [-0.4, -0.2) is 26.1 Å². The van der Waals surface area contributed by atoms with Crippen LogP contribution in [0.15, 0.2) is 47.8 Å². The van der Waals surface area contributed by atoms with E-state index in [2.05, 4.69) is 46.2 Å². The fourth-order valence-corrected chi connectivity index (χ4v) is 3.42. The fourth-order valence-electron chi connectivity index (χ4n) is 2.51. The number of nitrogens with zero attached hydrogens (tertiary/aromatic N) is 2. The van der Waals surface area contributed by atoms with E-state index in [4.69, 9.17) is 0 Å². The first-order valence-electron chi connectivity index (χ1n) is 8.45. The number of hydrogen-bond acceptors (Lipinski definition) is 4. The first kappa shape index (κ1) is 17.5. The normalized spacial score (nSPS) is 12.5. The summed E-state index contributed by atoms with van der Waals surface area (Å²) in [6, 6.07) is 11.8. The van der Waals surface area contributed by atoms with Crippen LogP contribution >= 0.6 is 11.8 Å². The summed E-state index contributed by atoms with van der Waals surface area (Å²) in [5, 5.41) is 3.49. The van der Waals surface area contributed by atoms with Gasteiger partial charge in [-0.3, -0.25) is 4.79 Å². The van der Waals surface area contributed by atoms with Gasteiger partial charge in [0.2, 0.25) is 5.91 Å². The number of carbonyl (C=O) groups is 1. The molecule has 5 nitrogen and oxygen atoms in total. The topological polar surface area (TPSA) is 70.7 Å². The van der Waals surface area contributed by atoms with Crippen molar-refractivity contribution >= 4 is 34.5 Å². The average molecular weight is 354 g/mol. The van der Waals surface area contributed by atoms with Crippen LogP contribution in [0.3, 0.4) is 0 Å². The van der Waals surface area contributed by atoms with Crippen molar-refractivity contribution in [3.8, 4) is 0 Å². The van der Waals surface area contributed by atoms with Gasteiger partial charge in [0, 0.05) is 11.9 Å². The molecule has 2 aromatic heterocycles. The molecule has 130 valence electrons. The van der Waals surface area contributed by atoms with Crippen LogP contribution < -0.4 is 5.32 Å². The minimum absolute atomic E-state index is 0.0155. The van der Waals surface area contributed by atoms with Crippen molar-refractivity contribution in [2.75, 3.05) is 5.32 Å². The number of aromatic nitrogens is 3. The molecule has 3 aromatic rings. The Morgan fingerprint density at radius 3 is 2.64 bits per heavy atom. The number of imidazole rings is 1. The van der Waals surface area contributed by atoms with Crippen LogP contribution in [0.4, 0.5) is 5.69 Å². The number of nitrogens with one attached hydrogen (secondary N) is 2. The summed E-state index contributed by atoms with van der Waals surface area (Å²) in [7, 11) is 0. The van der Waals surface area contributed by atoms with Crippen LogP contribution in [0.25, 0.3) is 11.2 Å². The first-order chi connectivity index (χ1) is 12.1. The number of rotatable bonds is 6. The van der Waals surface area contributed by atoms with E-state index in [0.29, 0.717) is 23.1 Å². The molecule has 0 saturated heterocycles. The largest absolute Gasteiger partial charge is 0.332 e. The molecule has 1 unspecified atom stereocenters. The molecule has 2 heterocycles. The zero-order valence-electron chi connectivity index (χ0n) is 14.6. The second kappa shape index (κ2) is 7.70. The molecule has 0 aliphatic heterocycles. The molecule has 0 radical (unpaired) electrons. The lowest BCUT2D eigenvalue weighted by molar-refractivity contribution is -0.115. The molecule has 25 heavy (non-hydrogen) atoms. The maximum absolute atomic E-state index is 12.6. The van der Waals surface area contributed by atoms with Gasteiger partial charge in [-0.2, -0.15) is 0 Å². The van der Waals surface area contributed by atoms with E-state index >= 15 is 0 Å². The van der Waals surface area contributed by atoms with Crippen molar-refractivity contribution in [2.24, 2.45) is 0 Å². The third-order valence-corrected chi connectivity index (χ3v) is 5.25. The first-order valence-corrected chi connectivity index (χ1v) is 9.33. The molecule has 6 heteroatoms. The number of hydrogen-bond donors (Lipinski definition) is 2. The SMILES string of the molecule is CCC(Sc1nc2ncccc2[nH]1)C(=O)Nc1ccc(C(C)C)cc1. The summed E-state index contributed by atoms with van der Waals surface area (Å²) in [5.74, 6) is 0.462. The van der Waals surface area contributed by atoms with Crippen molar-refractivity contribution in [1.29, 1.82) is 0 Å². The minimum Gasteiger partial charge on any atom is -0.332 e. The number of carbonyl (C=O) groups excluding carboxylic acids is 1. The van der Waals surface area contributed by atoms with Gasteiger partial charge in [0.15, 0.2) is 10.8 Å². The molecule has 3 rings (SSSR count). The highest BCUT2D eigenvalue weighted by Gasteiger charge is 2.20. The summed E-state index contributed by atoms with van der Waals surface area (Å²) in [6.07, 6.45) is 2.42. The highest BCUT2D eigenvalue weighted by molar-refractivity contribution is 8.00. The van der Waals surface area contributed by atoms with Crippen molar-refractivity contribution in [1.82, 2.24) is 15.0 Å². The van der Waals surface area contributed by atoms with Gasteiger partial charge < -0.3 is 10.3 Å². The monoisotopic (exact) mass is 354 g/mol. The number of benzene rings is 1. The predicted molar refractivity (Wildman–Crippen MR) is 103 cm³/mol. The zero-order chi connectivity index (χ0) is 17.8. The number of amides is 1. The van der Waals surface area contributed by atoms with Crippen LogP contribution in [0, 0.1) is 0 Å². The van der Waals surface area contributed by atoms with E-state index in [1.807, 2.05) is 31.2 Å². The van der Waals surface area contributed by atoms with Crippen molar-refractivity contribution in [3.63, 3.8) is 0 Å². The molecule has 0 saturated carbocycles. The van der Waals surface area contributed by atoms with Crippen molar-refractivity contribution < 1.29 is 4.79 Å². The average Bonchev–Trinajstić information content (AvgIpc) is 3.02. The molecule has 1 atom stereocenters. The number of fused-ring (bicyclic) bond motifs is 1. The summed E-state index contributed by atoms with van der Waals surface area (Å²) < 4.78 is 0. The molecular weight excluding hydrogens is 332 g/mol. The van der Waals surface area contributed by atoms with Gasteiger partial charge in [-0.15, -0.1) is 0 Å². The Kier molecular flexibility index (Phi) is 5.38. The fraction of sp³-hybridized carbons (Fsp3) is 0.316. The van der Waals surface area contributed by atoms with E-state index in [0.717, 1.165) is 11.2 Å². The van der Waals surface area contributed by atoms with Crippen LogP contribution in [0.2, 0.25) is 0 Å². The Balaban J connectivity index is 1.68. The Morgan fingerprint density at radius 2 is 2.00 bits per heavy atom. The maximum Gasteiger partial charge on any atom is 0.237 e. The molecule has 2 N–H and O–H groups in total. The third kappa shape index (κ3) is 4.20. The molecule has 0 bridgehead atoms. The lowest BCUT2D eigenvalue weighted by Crippen LogP contribution is -2.24. The Hall–Kier alpha value is -2.34. The van der Waals surface area contributed by atoms with Crippen LogP contribution in [0.1, 0.15) is 38.7 Å². The van der Waals surface area contributed by atoms with E-state index < -0.39 is 0 Å². The predicted octanol–water partition coefficient (Wildman–Crippen LogP) is 4.59. The minimum atomic E-state index is -0.217. The zero-order valence-corrected chi connectivity index (χ0v) is 15.4. The number of anilines is 1. The standard InChI is InChI=1S/C19H22N4OS/c1-4-16(25-19-22-15-6-5-11-20-17(15)23-19)18(24)21-14-9-7-13(8-10-14)12(2)3/h5-12,16H,4H2,1-3H3,(H,21,24)(H,20,22,23). The smallest absolute Gasteiger partial charge is 0.237 e. The van der Waals surface area contributed by atoms with Gasteiger partial charge in [-0.05, 0) is 42.2 Å². The summed E-state index contributed by atoms with van der Waals surface area (Å²) in [5.41, 5.74) is 3.63.